The number of aryl methyl sites for hydroxylation is 1. The van der Waals surface area contributed by atoms with Crippen molar-refractivity contribution in [3.05, 3.63) is 86.9 Å². The highest BCUT2D eigenvalue weighted by atomic mass is 79.9. The summed E-state index contributed by atoms with van der Waals surface area (Å²) in [5.41, 5.74) is 8.64. The first-order chi connectivity index (χ1) is 13.5. The van der Waals surface area contributed by atoms with Crippen molar-refractivity contribution >= 4 is 37.4 Å². The number of benzene rings is 2. The third-order valence-electron chi connectivity index (χ3n) is 6.43. The first-order valence-electron chi connectivity index (χ1n) is 10.5. The molecular formula is C26H28Br2. The van der Waals surface area contributed by atoms with Crippen LogP contribution in [0.2, 0.25) is 0 Å². The summed E-state index contributed by atoms with van der Waals surface area (Å²) in [6.07, 6.45) is 12.1. The van der Waals surface area contributed by atoms with E-state index in [0.29, 0.717) is 4.83 Å². The Morgan fingerprint density at radius 1 is 1.07 bits per heavy atom. The van der Waals surface area contributed by atoms with Crippen molar-refractivity contribution in [1.29, 1.82) is 0 Å². The summed E-state index contributed by atoms with van der Waals surface area (Å²) in [6, 6.07) is 16.2. The highest BCUT2D eigenvalue weighted by Crippen LogP contribution is 2.54. The Morgan fingerprint density at radius 3 is 2.75 bits per heavy atom. The zero-order valence-electron chi connectivity index (χ0n) is 16.8. The van der Waals surface area contributed by atoms with Crippen molar-refractivity contribution in [1.82, 2.24) is 0 Å². The molecule has 28 heavy (non-hydrogen) atoms. The number of unbranched alkanes of at least 4 members (excludes halogenated alkanes) is 3. The smallest absolute Gasteiger partial charge is 0.0399 e. The van der Waals surface area contributed by atoms with E-state index in [9.17, 15) is 0 Å². The molecule has 2 aromatic rings. The molecule has 0 saturated heterocycles. The van der Waals surface area contributed by atoms with Crippen LogP contribution in [0.1, 0.15) is 68.2 Å². The van der Waals surface area contributed by atoms with Gasteiger partial charge in [-0.25, -0.2) is 0 Å². The number of hydrogen-bond acceptors (Lipinski definition) is 0. The van der Waals surface area contributed by atoms with Gasteiger partial charge in [-0.05, 0) is 71.7 Å². The van der Waals surface area contributed by atoms with Crippen LogP contribution in [0.3, 0.4) is 0 Å². The average Bonchev–Trinajstić information content (AvgIpc) is 2.94. The van der Waals surface area contributed by atoms with Crippen molar-refractivity contribution in [2.24, 2.45) is 0 Å². The fourth-order valence-electron chi connectivity index (χ4n) is 4.85. The number of alkyl halides is 1. The summed E-state index contributed by atoms with van der Waals surface area (Å²) < 4.78 is 1.16. The molecular weight excluding hydrogens is 472 g/mol. The molecule has 0 fully saturated rings. The quantitative estimate of drug-likeness (QED) is 0.276. The summed E-state index contributed by atoms with van der Waals surface area (Å²) in [5.74, 6) is 0. The zero-order chi connectivity index (χ0) is 19.7. The van der Waals surface area contributed by atoms with Gasteiger partial charge in [-0.15, -0.1) is 0 Å². The van der Waals surface area contributed by atoms with Crippen LogP contribution in [0.15, 0.2) is 64.7 Å². The molecule has 0 aromatic heterocycles. The molecule has 0 nitrogen and oxygen atoms in total. The number of allylic oxidation sites excluding steroid dienone is 4. The van der Waals surface area contributed by atoms with E-state index in [2.05, 4.69) is 100 Å². The van der Waals surface area contributed by atoms with E-state index in [4.69, 9.17) is 0 Å². The van der Waals surface area contributed by atoms with Gasteiger partial charge in [-0.2, -0.15) is 0 Å². The summed E-state index contributed by atoms with van der Waals surface area (Å²) in [6.45, 7) is 4.70. The maximum Gasteiger partial charge on any atom is 0.0399 e. The first-order valence-corrected chi connectivity index (χ1v) is 12.2. The second-order valence-electron chi connectivity index (χ2n) is 8.30. The fourth-order valence-corrected chi connectivity index (χ4v) is 5.69. The second-order valence-corrected chi connectivity index (χ2v) is 10.4. The van der Waals surface area contributed by atoms with E-state index in [1.54, 1.807) is 5.57 Å². The Kier molecular flexibility index (Phi) is 5.99. The van der Waals surface area contributed by atoms with Gasteiger partial charge in [-0.3, -0.25) is 0 Å². The van der Waals surface area contributed by atoms with Gasteiger partial charge in [-0.1, -0.05) is 101 Å². The molecule has 0 amide bonds. The van der Waals surface area contributed by atoms with Crippen LogP contribution < -0.4 is 0 Å². The Labute approximate surface area is 186 Å². The van der Waals surface area contributed by atoms with Crippen LogP contribution in [0, 0.1) is 0 Å². The maximum absolute atomic E-state index is 3.84. The van der Waals surface area contributed by atoms with E-state index < -0.39 is 0 Å². The number of hydrogen-bond donors (Lipinski definition) is 0. The minimum Gasteiger partial charge on any atom is -0.0842 e. The lowest BCUT2D eigenvalue weighted by Crippen LogP contribution is -2.26. The molecule has 146 valence electrons. The topological polar surface area (TPSA) is 0 Å². The third-order valence-corrected chi connectivity index (χ3v) is 7.56. The Bertz CT molecular complexity index is 937. The zero-order valence-corrected chi connectivity index (χ0v) is 19.9. The molecule has 0 saturated carbocycles. The van der Waals surface area contributed by atoms with Crippen LogP contribution >= 0.6 is 31.9 Å². The minimum absolute atomic E-state index is 0.0648. The van der Waals surface area contributed by atoms with Crippen molar-refractivity contribution in [2.75, 3.05) is 0 Å². The summed E-state index contributed by atoms with van der Waals surface area (Å²) >= 11 is 7.56. The normalized spacial score (nSPS) is 23.1. The van der Waals surface area contributed by atoms with Gasteiger partial charge in [0.2, 0.25) is 0 Å². The predicted octanol–water partition coefficient (Wildman–Crippen LogP) is 8.37. The maximum atomic E-state index is 3.84. The van der Waals surface area contributed by atoms with Crippen molar-refractivity contribution < 1.29 is 0 Å². The van der Waals surface area contributed by atoms with Gasteiger partial charge in [0.25, 0.3) is 0 Å². The molecule has 2 aromatic carbocycles. The lowest BCUT2D eigenvalue weighted by atomic mass is 9.71. The standard InChI is InChI=1S/C26H28Br2/c1-3-4-5-6-8-18-9-7-10-19(15-18)26(2)24-16-20(27)11-13-22(24)23-14-12-21(28)17-25(23)26/h7,9-16,21H,3-6,8,17H2,1-2H3. The van der Waals surface area contributed by atoms with Gasteiger partial charge < -0.3 is 0 Å². The largest absolute Gasteiger partial charge is 0.0842 e. The predicted molar refractivity (Wildman–Crippen MR) is 128 cm³/mol. The van der Waals surface area contributed by atoms with Crippen molar-refractivity contribution in [3.8, 4) is 0 Å². The monoisotopic (exact) mass is 498 g/mol. The van der Waals surface area contributed by atoms with Gasteiger partial charge >= 0.3 is 0 Å². The van der Waals surface area contributed by atoms with Gasteiger partial charge in [0.15, 0.2) is 0 Å². The molecule has 2 aliphatic rings. The number of fused-ring (bicyclic) bond motifs is 2. The highest BCUT2D eigenvalue weighted by Gasteiger charge is 2.43. The van der Waals surface area contributed by atoms with Gasteiger partial charge in [0.05, 0.1) is 0 Å². The van der Waals surface area contributed by atoms with E-state index in [-0.39, 0.29) is 5.41 Å². The molecule has 0 aliphatic heterocycles. The molecule has 2 unspecified atom stereocenters. The molecule has 0 bridgehead atoms. The van der Waals surface area contributed by atoms with Crippen LogP contribution in [0.5, 0.6) is 0 Å². The van der Waals surface area contributed by atoms with Crippen molar-refractivity contribution in [2.45, 2.75) is 62.6 Å². The van der Waals surface area contributed by atoms with E-state index >= 15 is 0 Å². The Hall–Kier alpha value is -1.12. The number of halogens is 2. The Morgan fingerprint density at radius 2 is 1.93 bits per heavy atom. The summed E-state index contributed by atoms with van der Waals surface area (Å²) in [5, 5.41) is 0. The molecule has 0 radical (unpaired) electrons. The molecule has 0 heterocycles. The molecule has 2 aliphatic carbocycles. The van der Waals surface area contributed by atoms with E-state index in [1.807, 2.05) is 0 Å². The van der Waals surface area contributed by atoms with Crippen molar-refractivity contribution in [3.63, 3.8) is 0 Å². The molecule has 4 rings (SSSR count). The molecule has 2 heteroatoms. The average molecular weight is 500 g/mol. The first kappa shape index (κ1) is 20.2. The lowest BCUT2D eigenvalue weighted by Gasteiger charge is -2.33. The van der Waals surface area contributed by atoms with Gasteiger partial charge in [0, 0.05) is 14.7 Å². The van der Waals surface area contributed by atoms with E-state index in [0.717, 1.165) is 10.9 Å². The van der Waals surface area contributed by atoms with Crippen LogP contribution in [0.25, 0.3) is 5.57 Å². The molecule has 0 spiro atoms. The summed E-state index contributed by atoms with van der Waals surface area (Å²) in [4.78, 5) is 0.417. The van der Waals surface area contributed by atoms with E-state index in [1.165, 1.54) is 59.9 Å². The molecule has 0 N–H and O–H groups in total. The highest BCUT2D eigenvalue weighted by molar-refractivity contribution is 9.10. The minimum atomic E-state index is -0.0648. The Balaban J connectivity index is 1.76. The van der Waals surface area contributed by atoms with Crippen LogP contribution in [0.4, 0.5) is 0 Å². The molecule has 2 atom stereocenters. The third kappa shape index (κ3) is 3.59. The second kappa shape index (κ2) is 8.32. The van der Waals surface area contributed by atoms with Crippen LogP contribution in [-0.4, -0.2) is 4.83 Å². The van der Waals surface area contributed by atoms with Crippen LogP contribution in [-0.2, 0) is 11.8 Å². The number of rotatable bonds is 6. The SMILES string of the molecule is CCCCCCc1cccc(C2(C)C3=C(C=CC(Br)C3)c3ccc(Br)cc32)c1. The lowest BCUT2D eigenvalue weighted by molar-refractivity contribution is 0.649. The van der Waals surface area contributed by atoms with Gasteiger partial charge in [0.1, 0.15) is 0 Å². The fraction of sp³-hybridized carbons (Fsp3) is 0.385. The summed E-state index contributed by atoms with van der Waals surface area (Å²) in [7, 11) is 0.